The van der Waals surface area contributed by atoms with Crippen LogP contribution in [0.25, 0.3) is 0 Å². The minimum Gasteiger partial charge on any atom is -0.355 e. The van der Waals surface area contributed by atoms with Crippen molar-refractivity contribution >= 4 is 33.4 Å². The van der Waals surface area contributed by atoms with Gasteiger partial charge in [0.1, 0.15) is 11.9 Å². The first kappa shape index (κ1) is 24.8. The molecule has 0 aliphatic rings. The van der Waals surface area contributed by atoms with Gasteiger partial charge in [-0.1, -0.05) is 23.7 Å². The van der Waals surface area contributed by atoms with Crippen molar-refractivity contribution in [3.05, 3.63) is 64.9 Å². The van der Waals surface area contributed by atoms with Crippen LogP contribution < -0.4 is 5.32 Å². The highest BCUT2D eigenvalue weighted by Crippen LogP contribution is 2.18. The maximum atomic E-state index is 13.2. The molecule has 0 aromatic heterocycles. The number of hydrogen-bond donors (Lipinski definition) is 1. The van der Waals surface area contributed by atoms with Gasteiger partial charge in [0.25, 0.3) is 0 Å². The van der Waals surface area contributed by atoms with E-state index in [1.54, 1.807) is 13.8 Å². The van der Waals surface area contributed by atoms with E-state index in [0.717, 1.165) is 4.31 Å². The van der Waals surface area contributed by atoms with E-state index in [1.165, 1.54) is 60.5 Å². The van der Waals surface area contributed by atoms with Crippen LogP contribution in [-0.2, 0) is 26.2 Å². The third-order valence-corrected chi connectivity index (χ3v) is 6.73. The number of carbonyl (C=O) groups is 2. The van der Waals surface area contributed by atoms with E-state index in [-0.39, 0.29) is 17.3 Å². The van der Waals surface area contributed by atoms with Crippen molar-refractivity contribution in [1.29, 1.82) is 0 Å². The minimum atomic E-state index is -3.94. The molecule has 10 heteroatoms. The molecule has 0 fully saturated rings. The number of likely N-dealkylation sites (N-methyl/N-ethyl adjacent to an activating group) is 2. The van der Waals surface area contributed by atoms with Crippen LogP contribution in [-0.4, -0.2) is 55.6 Å². The van der Waals surface area contributed by atoms with E-state index in [9.17, 15) is 22.4 Å². The Hall–Kier alpha value is -2.49. The van der Waals surface area contributed by atoms with Gasteiger partial charge in [-0.3, -0.25) is 9.59 Å². The van der Waals surface area contributed by atoms with Crippen LogP contribution in [0, 0.1) is 5.82 Å². The predicted octanol–water partition coefficient (Wildman–Crippen LogP) is 2.65. The molecule has 0 spiro atoms. The van der Waals surface area contributed by atoms with Crippen molar-refractivity contribution in [3.8, 4) is 0 Å². The number of benzene rings is 2. The van der Waals surface area contributed by atoms with Gasteiger partial charge in [-0.2, -0.15) is 4.31 Å². The van der Waals surface area contributed by atoms with Gasteiger partial charge in [0.15, 0.2) is 0 Å². The van der Waals surface area contributed by atoms with Crippen LogP contribution in [0.5, 0.6) is 0 Å². The van der Waals surface area contributed by atoms with Crippen LogP contribution in [0.4, 0.5) is 4.39 Å². The van der Waals surface area contributed by atoms with E-state index in [4.69, 9.17) is 11.6 Å². The van der Waals surface area contributed by atoms with Gasteiger partial charge in [-0.05, 0) is 55.8 Å². The van der Waals surface area contributed by atoms with Crippen molar-refractivity contribution < 1.29 is 22.4 Å². The van der Waals surface area contributed by atoms with Gasteiger partial charge in [0, 0.05) is 25.2 Å². The SMILES string of the molecule is CCNC(=O)[C@H](C)N(Cc1ccc(F)cc1)C(=O)CN(C)S(=O)(=O)c1ccc(Cl)cc1. The van der Waals surface area contributed by atoms with Gasteiger partial charge < -0.3 is 10.2 Å². The van der Waals surface area contributed by atoms with Crippen LogP contribution in [0.3, 0.4) is 0 Å². The summed E-state index contributed by atoms with van der Waals surface area (Å²) in [5, 5.41) is 3.04. The summed E-state index contributed by atoms with van der Waals surface area (Å²) in [7, 11) is -2.66. The quantitative estimate of drug-likeness (QED) is 0.611. The molecule has 2 rings (SSSR count). The Labute approximate surface area is 186 Å². The normalized spacial score (nSPS) is 12.5. The fourth-order valence-electron chi connectivity index (χ4n) is 2.84. The number of sulfonamides is 1. The van der Waals surface area contributed by atoms with Gasteiger partial charge in [-0.15, -0.1) is 0 Å². The molecule has 0 saturated heterocycles. The Morgan fingerprint density at radius 2 is 1.68 bits per heavy atom. The van der Waals surface area contributed by atoms with E-state index >= 15 is 0 Å². The molecule has 1 atom stereocenters. The minimum absolute atomic E-state index is 0.00550. The number of hydrogen-bond acceptors (Lipinski definition) is 4. The zero-order chi connectivity index (χ0) is 23.2. The lowest BCUT2D eigenvalue weighted by molar-refractivity contribution is -0.140. The van der Waals surface area contributed by atoms with Crippen molar-refractivity contribution in [2.24, 2.45) is 0 Å². The van der Waals surface area contributed by atoms with Crippen LogP contribution >= 0.6 is 11.6 Å². The molecule has 0 heterocycles. The van der Waals surface area contributed by atoms with E-state index in [0.29, 0.717) is 17.1 Å². The molecular formula is C21H25ClFN3O4S. The molecule has 2 amide bonds. The molecule has 1 N–H and O–H groups in total. The van der Waals surface area contributed by atoms with Crippen LogP contribution in [0.2, 0.25) is 5.02 Å². The summed E-state index contributed by atoms with van der Waals surface area (Å²) in [4.78, 5) is 26.7. The maximum absolute atomic E-state index is 13.2. The first-order chi connectivity index (χ1) is 14.6. The number of rotatable bonds is 9. The lowest BCUT2D eigenvalue weighted by Gasteiger charge is -2.30. The molecule has 0 unspecified atom stereocenters. The molecule has 0 saturated carbocycles. The molecule has 0 radical (unpaired) electrons. The average Bonchev–Trinajstić information content (AvgIpc) is 2.73. The summed E-state index contributed by atoms with van der Waals surface area (Å²) in [5.41, 5.74) is 0.606. The summed E-state index contributed by atoms with van der Waals surface area (Å²) in [5.74, 6) is -1.36. The molecule has 168 valence electrons. The van der Waals surface area contributed by atoms with Crippen LogP contribution in [0.15, 0.2) is 53.4 Å². The molecule has 0 aliphatic heterocycles. The Morgan fingerprint density at radius 3 is 2.23 bits per heavy atom. The van der Waals surface area contributed by atoms with E-state index < -0.39 is 34.3 Å². The Balaban J connectivity index is 2.25. The monoisotopic (exact) mass is 469 g/mol. The van der Waals surface area contributed by atoms with Crippen LogP contribution in [0.1, 0.15) is 19.4 Å². The number of amides is 2. The second-order valence-corrected chi connectivity index (χ2v) is 9.41. The zero-order valence-corrected chi connectivity index (χ0v) is 19.1. The molecular weight excluding hydrogens is 445 g/mol. The second-order valence-electron chi connectivity index (χ2n) is 6.93. The third-order valence-electron chi connectivity index (χ3n) is 4.66. The molecule has 7 nitrogen and oxygen atoms in total. The van der Waals surface area contributed by atoms with Gasteiger partial charge in [0.2, 0.25) is 21.8 Å². The number of carbonyl (C=O) groups excluding carboxylic acids is 2. The largest absolute Gasteiger partial charge is 0.355 e. The highest BCUT2D eigenvalue weighted by molar-refractivity contribution is 7.89. The highest BCUT2D eigenvalue weighted by Gasteiger charge is 2.30. The highest BCUT2D eigenvalue weighted by atomic mass is 35.5. The fraction of sp³-hybridized carbons (Fsp3) is 0.333. The fourth-order valence-corrected chi connectivity index (χ4v) is 4.09. The van der Waals surface area contributed by atoms with Crippen molar-refractivity contribution in [1.82, 2.24) is 14.5 Å². The first-order valence-electron chi connectivity index (χ1n) is 9.59. The number of nitrogens with one attached hydrogen (secondary N) is 1. The number of halogens is 2. The van der Waals surface area contributed by atoms with Gasteiger partial charge >= 0.3 is 0 Å². The summed E-state index contributed by atoms with van der Waals surface area (Å²) in [6, 6.07) is 10.3. The van der Waals surface area contributed by atoms with Crippen molar-refractivity contribution in [2.45, 2.75) is 31.3 Å². The molecule has 0 bridgehead atoms. The van der Waals surface area contributed by atoms with Gasteiger partial charge in [-0.25, -0.2) is 12.8 Å². The van der Waals surface area contributed by atoms with Gasteiger partial charge in [0.05, 0.1) is 11.4 Å². The van der Waals surface area contributed by atoms with E-state index in [1.807, 2.05) is 0 Å². The van der Waals surface area contributed by atoms with Crippen molar-refractivity contribution in [3.63, 3.8) is 0 Å². The summed E-state index contributed by atoms with van der Waals surface area (Å²) in [6.45, 7) is 3.23. The maximum Gasteiger partial charge on any atom is 0.243 e. The predicted molar refractivity (Wildman–Crippen MR) is 116 cm³/mol. The standard InChI is InChI=1S/C21H25ClFN3O4S/c1-4-24-21(28)15(2)26(13-16-5-9-18(23)10-6-16)20(27)14-25(3)31(29,30)19-11-7-17(22)8-12-19/h5-12,15H,4,13-14H2,1-3H3,(H,24,28)/t15-/m0/s1. The Kier molecular flexibility index (Phi) is 8.55. The van der Waals surface area contributed by atoms with Crippen molar-refractivity contribution in [2.75, 3.05) is 20.1 Å². The third kappa shape index (κ3) is 6.49. The van der Waals surface area contributed by atoms with E-state index in [2.05, 4.69) is 5.32 Å². The zero-order valence-electron chi connectivity index (χ0n) is 17.5. The number of nitrogens with zero attached hydrogens (tertiary/aromatic N) is 2. The lowest BCUT2D eigenvalue weighted by Crippen LogP contribution is -2.50. The molecule has 31 heavy (non-hydrogen) atoms. The molecule has 2 aromatic rings. The Bertz CT molecular complexity index is 1010. The first-order valence-corrected chi connectivity index (χ1v) is 11.4. The Morgan fingerprint density at radius 1 is 1.10 bits per heavy atom. The smallest absolute Gasteiger partial charge is 0.243 e. The summed E-state index contributed by atoms with van der Waals surface area (Å²) in [6.07, 6.45) is 0. The summed E-state index contributed by atoms with van der Waals surface area (Å²) >= 11 is 5.81. The lowest BCUT2D eigenvalue weighted by atomic mass is 10.1. The second kappa shape index (κ2) is 10.7. The molecule has 2 aromatic carbocycles. The average molecular weight is 470 g/mol. The summed E-state index contributed by atoms with van der Waals surface area (Å²) < 4.78 is 39.7. The topological polar surface area (TPSA) is 86.8 Å². The molecule has 0 aliphatic carbocycles.